The zero-order valence-electron chi connectivity index (χ0n) is 16.3. The number of aromatic nitrogens is 4. The van der Waals surface area contributed by atoms with Gasteiger partial charge in [-0.05, 0) is 25.0 Å². The lowest BCUT2D eigenvalue weighted by Gasteiger charge is -2.14. The zero-order chi connectivity index (χ0) is 21.5. The number of phenolic OH excluding ortho intramolecular Hbond substituents is 1. The Labute approximate surface area is 175 Å². The van der Waals surface area contributed by atoms with Gasteiger partial charge in [-0.25, -0.2) is 14.8 Å². The molecule has 31 heavy (non-hydrogen) atoms. The first-order valence-electron chi connectivity index (χ1n) is 9.52. The fourth-order valence-electron chi connectivity index (χ4n) is 3.17. The maximum absolute atomic E-state index is 12.2. The lowest BCUT2D eigenvalue weighted by Crippen LogP contribution is -2.14. The van der Waals surface area contributed by atoms with E-state index in [0.29, 0.717) is 22.8 Å². The van der Waals surface area contributed by atoms with Gasteiger partial charge < -0.3 is 20.5 Å². The molecule has 4 N–H and O–H groups in total. The molecule has 2 aliphatic rings. The highest BCUT2D eigenvalue weighted by Crippen LogP contribution is 2.44. The largest absolute Gasteiger partial charge is 0.505 e. The van der Waals surface area contributed by atoms with Crippen molar-refractivity contribution in [1.82, 2.24) is 19.7 Å². The molecule has 11 heteroatoms. The van der Waals surface area contributed by atoms with Crippen LogP contribution in [0.1, 0.15) is 12.8 Å². The number of benzene rings is 1. The highest BCUT2D eigenvalue weighted by molar-refractivity contribution is 5.95. The number of carbonyl (C=O) groups excluding carboxylic acids is 2. The first-order valence-corrected chi connectivity index (χ1v) is 9.52. The van der Waals surface area contributed by atoms with Gasteiger partial charge in [-0.3, -0.25) is 14.8 Å². The van der Waals surface area contributed by atoms with Gasteiger partial charge >= 0.3 is 0 Å². The monoisotopic (exact) mass is 419 g/mol. The SMILES string of the molecule is Cn1cnc(-c2cccc(Nc3cc(NC(=O)C4CC4)nc4c3OC(=C=O)N4)c2O)n1. The number of amides is 1. The number of rotatable bonds is 5. The average molecular weight is 419 g/mol. The van der Waals surface area contributed by atoms with Crippen molar-refractivity contribution in [3.8, 4) is 22.9 Å². The van der Waals surface area contributed by atoms with Crippen molar-refractivity contribution in [3.05, 3.63) is 36.5 Å². The van der Waals surface area contributed by atoms with Crippen LogP contribution in [0.3, 0.4) is 0 Å². The number of pyridine rings is 1. The van der Waals surface area contributed by atoms with Gasteiger partial charge in [0.2, 0.25) is 5.91 Å². The molecule has 0 radical (unpaired) electrons. The minimum atomic E-state index is -0.146. The molecule has 1 fully saturated rings. The van der Waals surface area contributed by atoms with Crippen LogP contribution in [0.15, 0.2) is 36.5 Å². The van der Waals surface area contributed by atoms with E-state index in [-0.39, 0.29) is 40.8 Å². The van der Waals surface area contributed by atoms with Gasteiger partial charge in [0.15, 0.2) is 23.3 Å². The van der Waals surface area contributed by atoms with Crippen LogP contribution in [0, 0.1) is 5.92 Å². The molecule has 1 aromatic carbocycles. The molecule has 0 saturated heterocycles. The predicted molar refractivity (Wildman–Crippen MR) is 110 cm³/mol. The molecule has 156 valence electrons. The summed E-state index contributed by atoms with van der Waals surface area (Å²) in [5, 5.41) is 23.6. The summed E-state index contributed by atoms with van der Waals surface area (Å²) in [5.74, 6) is 2.44. The highest BCUT2D eigenvalue weighted by Gasteiger charge is 2.31. The second-order valence-corrected chi connectivity index (χ2v) is 7.22. The van der Waals surface area contributed by atoms with Crippen LogP contribution in [-0.2, 0) is 16.6 Å². The topological polar surface area (TPSA) is 143 Å². The summed E-state index contributed by atoms with van der Waals surface area (Å²) in [6, 6.07) is 6.66. The Morgan fingerprint density at radius 1 is 1.35 bits per heavy atom. The molecule has 1 aliphatic carbocycles. The summed E-state index contributed by atoms with van der Waals surface area (Å²) in [6.45, 7) is 0. The normalized spacial score (nSPS) is 14.3. The summed E-state index contributed by atoms with van der Waals surface area (Å²) in [7, 11) is 1.73. The molecule has 1 saturated carbocycles. The van der Waals surface area contributed by atoms with Crippen molar-refractivity contribution in [2.24, 2.45) is 13.0 Å². The number of anilines is 4. The maximum atomic E-state index is 12.2. The number of nitrogens with zero attached hydrogens (tertiary/aromatic N) is 4. The number of aromatic hydroxyl groups is 1. The van der Waals surface area contributed by atoms with Gasteiger partial charge in [0.25, 0.3) is 5.88 Å². The van der Waals surface area contributed by atoms with Crippen molar-refractivity contribution in [3.63, 3.8) is 0 Å². The zero-order valence-corrected chi connectivity index (χ0v) is 16.3. The number of hydrogen-bond donors (Lipinski definition) is 4. The summed E-state index contributed by atoms with van der Waals surface area (Å²) >= 11 is 0. The van der Waals surface area contributed by atoms with Gasteiger partial charge in [0.05, 0.1) is 16.9 Å². The van der Waals surface area contributed by atoms with Crippen molar-refractivity contribution in [1.29, 1.82) is 0 Å². The van der Waals surface area contributed by atoms with E-state index in [1.54, 1.807) is 37.3 Å². The van der Waals surface area contributed by atoms with Crippen LogP contribution in [0.25, 0.3) is 11.4 Å². The molecule has 0 bridgehead atoms. The van der Waals surface area contributed by atoms with E-state index < -0.39 is 0 Å². The Morgan fingerprint density at radius 2 is 2.19 bits per heavy atom. The van der Waals surface area contributed by atoms with Crippen LogP contribution in [0.5, 0.6) is 11.5 Å². The second kappa shape index (κ2) is 7.15. The summed E-state index contributed by atoms with van der Waals surface area (Å²) in [6.07, 6.45) is 3.24. The van der Waals surface area contributed by atoms with Crippen molar-refractivity contribution >= 4 is 34.9 Å². The first kappa shape index (κ1) is 18.6. The minimum Gasteiger partial charge on any atom is -0.505 e. The smallest absolute Gasteiger partial charge is 0.286 e. The van der Waals surface area contributed by atoms with Gasteiger partial charge in [0, 0.05) is 19.0 Å². The highest BCUT2D eigenvalue weighted by atomic mass is 16.5. The number of aryl methyl sites for hydroxylation is 1. The van der Waals surface area contributed by atoms with E-state index in [2.05, 4.69) is 31.0 Å². The second-order valence-electron chi connectivity index (χ2n) is 7.22. The average Bonchev–Trinajstić information content (AvgIpc) is 3.39. The Kier molecular flexibility index (Phi) is 4.30. The van der Waals surface area contributed by atoms with Gasteiger partial charge in [0.1, 0.15) is 17.9 Å². The van der Waals surface area contributed by atoms with Crippen LogP contribution in [0.4, 0.5) is 23.0 Å². The van der Waals surface area contributed by atoms with E-state index in [4.69, 9.17) is 4.74 Å². The first-order chi connectivity index (χ1) is 15.0. The molecule has 2 aromatic heterocycles. The van der Waals surface area contributed by atoms with Crippen molar-refractivity contribution in [2.75, 3.05) is 16.0 Å². The van der Waals surface area contributed by atoms with Crippen LogP contribution in [0.2, 0.25) is 0 Å². The van der Waals surface area contributed by atoms with Crippen LogP contribution in [-0.4, -0.2) is 36.7 Å². The summed E-state index contributed by atoms with van der Waals surface area (Å²) in [5.41, 5.74) is 1.17. The third-order valence-corrected chi connectivity index (χ3v) is 4.85. The number of fused-ring (bicyclic) bond motifs is 1. The number of ether oxygens (including phenoxy) is 1. The number of nitrogens with one attached hydrogen (secondary N) is 3. The fraction of sp³-hybridized carbons (Fsp3) is 0.200. The lowest BCUT2D eigenvalue weighted by molar-refractivity contribution is -0.117. The van der Waals surface area contributed by atoms with E-state index in [1.807, 2.05) is 0 Å². The lowest BCUT2D eigenvalue weighted by atomic mass is 10.1. The molecule has 1 aliphatic heterocycles. The third-order valence-electron chi connectivity index (χ3n) is 4.85. The minimum absolute atomic E-state index is 0.00676. The molecule has 0 spiro atoms. The van der Waals surface area contributed by atoms with Gasteiger partial charge in [-0.15, -0.1) is 0 Å². The van der Waals surface area contributed by atoms with E-state index in [0.717, 1.165) is 12.8 Å². The molecule has 3 heterocycles. The van der Waals surface area contributed by atoms with E-state index >= 15 is 0 Å². The fourth-order valence-corrected chi connectivity index (χ4v) is 3.17. The van der Waals surface area contributed by atoms with Gasteiger partial charge in [-0.1, -0.05) is 6.07 Å². The Hall–Kier alpha value is -4.37. The van der Waals surface area contributed by atoms with Gasteiger partial charge in [-0.2, -0.15) is 5.10 Å². The number of hydrogen-bond acceptors (Lipinski definition) is 9. The third kappa shape index (κ3) is 3.53. The molecule has 0 atom stereocenters. The number of para-hydroxylation sites is 1. The molecule has 11 nitrogen and oxygen atoms in total. The quantitative estimate of drug-likeness (QED) is 0.361. The van der Waals surface area contributed by atoms with Crippen LogP contribution < -0.4 is 20.7 Å². The summed E-state index contributed by atoms with van der Waals surface area (Å²) < 4.78 is 7.01. The molecular weight excluding hydrogens is 402 g/mol. The van der Waals surface area contributed by atoms with E-state index in [9.17, 15) is 14.7 Å². The predicted octanol–water partition coefficient (Wildman–Crippen LogP) is 2.15. The summed E-state index contributed by atoms with van der Waals surface area (Å²) in [4.78, 5) is 31.7. The maximum Gasteiger partial charge on any atom is 0.286 e. The van der Waals surface area contributed by atoms with Crippen molar-refractivity contribution in [2.45, 2.75) is 12.8 Å². The number of carbonyl (C=O) groups is 1. The van der Waals surface area contributed by atoms with E-state index in [1.165, 1.54) is 11.0 Å². The molecule has 3 aromatic rings. The standard InChI is InChI=1S/C20H17N7O4/c1-27-9-21-18(26-27)11-3-2-4-12(16(11)29)22-13-7-14(24-20(30)10-5-6-10)23-19-17(13)31-15(8-28)25-19/h2-4,7,9-10,29H,5-6H2,1H3,(H3,22,23,24,25,30). The molecular formula is C20H17N7O4. The molecule has 1 amide bonds. The molecule has 0 unspecified atom stereocenters. The number of phenols is 1. The Bertz CT molecular complexity index is 1260. The Balaban J connectivity index is 1.52. The molecule has 5 rings (SSSR count). The Morgan fingerprint density at radius 3 is 2.90 bits per heavy atom. The van der Waals surface area contributed by atoms with Crippen LogP contribution >= 0.6 is 0 Å². The van der Waals surface area contributed by atoms with Crippen molar-refractivity contribution < 1.29 is 19.4 Å².